The van der Waals surface area contributed by atoms with Gasteiger partial charge in [-0.25, -0.2) is 14.2 Å². The van der Waals surface area contributed by atoms with Crippen LogP contribution in [0.15, 0.2) is 57.6 Å². The third-order valence-corrected chi connectivity index (χ3v) is 8.59. The van der Waals surface area contributed by atoms with E-state index >= 15 is 0 Å². The Hall–Kier alpha value is -3.31. The van der Waals surface area contributed by atoms with Crippen LogP contribution in [0.4, 0.5) is 4.39 Å². The summed E-state index contributed by atoms with van der Waals surface area (Å²) in [4.78, 5) is 48.1. The molecule has 0 aliphatic heterocycles. The zero-order valence-electron chi connectivity index (χ0n) is 26.0. The summed E-state index contributed by atoms with van der Waals surface area (Å²) in [6, 6.07) is 6.13. The monoisotopic (exact) mass is 627 g/mol. The minimum atomic E-state index is -0.484. The van der Waals surface area contributed by atoms with Gasteiger partial charge in [0.15, 0.2) is 5.16 Å². The zero-order chi connectivity index (χ0) is 31.7. The molecule has 0 fully saturated rings. The molecule has 3 aromatic rings. The second kappa shape index (κ2) is 19.2. The number of thioether (sulfide) groups is 1. The summed E-state index contributed by atoms with van der Waals surface area (Å²) in [5.74, 6) is 0.0400. The Morgan fingerprint density at radius 3 is 2.25 bits per heavy atom. The lowest BCUT2D eigenvalue weighted by atomic mass is 10.1. The van der Waals surface area contributed by atoms with Gasteiger partial charge in [-0.3, -0.25) is 14.2 Å². The Morgan fingerprint density at radius 2 is 1.59 bits per heavy atom. The first-order chi connectivity index (χ1) is 21.3. The van der Waals surface area contributed by atoms with Gasteiger partial charge in [-0.2, -0.15) is 4.98 Å². The second-order valence-electron chi connectivity index (χ2n) is 11.2. The Morgan fingerprint density at radius 1 is 0.932 bits per heavy atom. The predicted octanol–water partition coefficient (Wildman–Crippen LogP) is 5.19. The number of aliphatic hydroxyl groups is 1. The molecule has 0 unspecified atom stereocenters. The van der Waals surface area contributed by atoms with E-state index in [1.165, 1.54) is 86.0 Å². The summed E-state index contributed by atoms with van der Waals surface area (Å²) in [5, 5.41) is 9.63. The van der Waals surface area contributed by atoms with Gasteiger partial charge < -0.3 is 14.6 Å². The van der Waals surface area contributed by atoms with Crippen molar-refractivity contribution in [1.82, 2.24) is 24.0 Å². The van der Waals surface area contributed by atoms with E-state index in [0.717, 1.165) is 18.4 Å². The molecule has 0 saturated heterocycles. The molecule has 1 amide bonds. The Bertz CT molecular complexity index is 1430. The van der Waals surface area contributed by atoms with Crippen LogP contribution in [-0.2, 0) is 30.1 Å². The first-order valence-corrected chi connectivity index (χ1v) is 16.7. The van der Waals surface area contributed by atoms with Crippen molar-refractivity contribution in [3.8, 4) is 0 Å². The van der Waals surface area contributed by atoms with Gasteiger partial charge in [-0.05, 0) is 29.7 Å². The highest BCUT2D eigenvalue weighted by Crippen LogP contribution is 2.21. The molecule has 9 nitrogen and oxygen atoms in total. The van der Waals surface area contributed by atoms with Crippen molar-refractivity contribution >= 4 is 17.7 Å². The molecule has 2 aromatic heterocycles. The Kier molecular flexibility index (Phi) is 15.3. The van der Waals surface area contributed by atoms with Crippen LogP contribution in [0.5, 0.6) is 0 Å². The highest BCUT2D eigenvalue weighted by atomic mass is 32.2. The van der Waals surface area contributed by atoms with Crippen molar-refractivity contribution in [1.29, 1.82) is 0 Å². The molecule has 1 N–H and O–H groups in total. The van der Waals surface area contributed by atoms with E-state index in [1.54, 1.807) is 41.0 Å². The maximum absolute atomic E-state index is 13.4. The summed E-state index contributed by atoms with van der Waals surface area (Å²) in [5.41, 5.74) is 0.913. The molecule has 0 spiro atoms. The minimum Gasteiger partial charge on any atom is -0.395 e. The molecule has 0 bridgehead atoms. The number of amides is 1. The van der Waals surface area contributed by atoms with Crippen LogP contribution in [0.3, 0.4) is 0 Å². The number of carbonyl (C=O) groups is 1. The summed E-state index contributed by atoms with van der Waals surface area (Å²) < 4.78 is 16.4. The van der Waals surface area contributed by atoms with Gasteiger partial charge in [0, 0.05) is 49.9 Å². The van der Waals surface area contributed by atoms with Crippen molar-refractivity contribution in [2.45, 2.75) is 102 Å². The van der Waals surface area contributed by atoms with Crippen molar-refractivity contribution in [2.24, 2.45) is 0 Å². The Labute approximate surface area is 263 Å². The highest BCUT2D eigenvalue weighted by molar-refractivity contribution is 7.98. The average Bonchev–Trinajstić information content (AvgIpc) is 3.01. The van der Waals surface area contributed by atoms with Crippen LogP contribution in [0.25, 0.3) is 0 Å². The van der Waals surface area contributed by atoms with E-state index in [-0.39, 0.29) is 37.8 Å². The predicted molar refractivity (Wildman–Crippen MR) is 172 cm³/mol. The number of unbranched alkanes of at least 4 members (excludes halogenated alkanes) is 9. The standard InChI is InChI=1S/C33H46FN5O4S/c1-3-4-5-6-7-8-9-10-11-12-17-37(2)30(41)24-39-23-28(20-27-21-35-32(43)38(22-27)18-19-40)31(42)36-33(39)44-25-26-13-15-29(34)16-14-26/h13-16,21-23,40H,3-12,17-20,24-25H2,1-2H3. The number of hydrogen-bond acceptors (Lipinski definition) is 7. The van der Waals surface area contributed by atoms with Gasteiger partial charge in [0.1, 0.15) is 12.4 Å². The first-order valence-electron chi connectivity index (χ1n) is 15.7. The smallest absolute Gasteiger partial charge is 0.347 e. The van der Waals surface area contributed by atoms with Gasteiger partial charge in [0.25, 0.3) is 5.56 Å². The van der Waals surface area contributed by atoms with Gasteiger partial charge in [0.2, 0.25) is 5.91 Å². The highest BCUT2D eigenvalue weighted by Gasteiger charge is 2.16. The molecule has 44 heavy (non-hydrogen) atoms. The largest absolute Gasteiger partial charge is 0.395 e. The number of benzene rings is 1. The second-order valence-corrected chi connectivity index (χ2v) is 12.2. The van der Waals surface area contributed by atoms with Crippen LogP contribution in [-0.4, -0.2) is 55.2 Å². The molecule has 11 heteroatoms. The summed E-state index contributed by atoms with van der Waals surface area (Å²) in [6.45, 7) is 2.79. The van der Waals surface area contributed by atoms with E-state index < -0.39 is 11.2 Å². The fourth-order valence-electron chi connectivity index (χ4n) is 4.91. The summed E-state index contributed by atoms with van der Waals surface area (Å²) >= 11 is 1.31. The molecule has 0 aliphatic rings. The van der Waals surface area contributed by atoms with E-state index in [4.69, 9.17) is 0 Å². The maximum atomic E-state index is 13.4. The molecule has 1 aromatic carbocycles. The topological polar surface area (TPSA) is 110 Å². The molecule has 0 radical (unpaired) electrons. The molecule has 3 rings (SSSR count). The molecule has 0 aliphatic carbocycles. The van der Waals surface area contributed by atoms with Gasteiger partial charge in [-0.15, -0.1) is 0 Å². The van der Waals surface area contributed by atoms with Gasteiger partial charge >= 0.3 is 5.69 Å². The van der Waals surface area contributed by atoms with Crippen LogP contribution in [0, 0.1) is 5.82 Å². The van der Waals surface area contributed by atoms with E-state index in [9.17, 15) is 23.9 Å². The van der Waals surface area contributed by atoms with Crippen LogP contribution >= 0.6 is 11.8 Å². The van der Waals surface area contributed by atoms with Crippen LogP contribution < -0.4 is 11.2 Å². The van der Waals surface area contributed by atoms with Gasteiger partial charge in [-0.1, -0.05) is 88.6 Å². The normalized spacial score (nSPS) is 11.2. The lowest BCUT2D eigenvalue weighted by Crippen LogP contribution is -2.32. The average molecular weight is 628 g/mol. The lowest BCUT2D eigenvalue weighted by molar-refractivity contribution is -0.130. The molecule has 0 atom stereocenters. The van der Waals surface area contributed by atoms with Crippen molar-refractivity contribution in [3.63, 3.8) is 0 Å². The van der Waals surface area contributed by atoms with Crippen LogP contribution in [0.1, 0.15) is 87.8 Å². The maximum Gasteiger partial charge on any atom is 0.347 e. The van der Waals surface area contributed by atoms with E-state index in [1.807, 2.05) is 0 Å². The SMILES string of the molecule is CCCCCCCCCCCCN(C)C(=O)Cn1cc(Cc2cnc(=O)n(CCO)c2)c(=O)nc1SCc1ccc(F)cc1. The van der Waals surface area contributed by atoms with E-state index in [2.05, 4.69) is 16.9 Å². The number of nitrogens with zero attached hydrogens (tertiary/aromatic N) is 5. The van der Waals surface area contributed by atoms with Crippen molar-refractivity contribution in [2.75, 3.05) is 20.2 Å². The molecule has 0 saturated carbocycles. The van der Waals surface area contributed by atoms with Crippen molar-refractivity contribution < 1.29 is 14.3 Å². The third-order valence-electron chi connectivity index (χ3n) is 7.53. The van der Waals surface area contributed by atoms with E-state index in [0.29, 0.717) is 28.6 Å². The molecular weight excluding hydrogens is 581 g/mol. The van der Waals surface area contributed by atoms with Crippen LogP contribution in [0.2, 0.25) is 0 Å². The number of hydrogen-bond donors (Lipinski definition) is 1. The number of halogens is 1. The summed E-state index contributed by atoms with van der Waals surface area (Å²) in [6.07, 6.45) is 17.0. The number of rotatable bonds is 20. The van der Waals surface area contributed by atoms with Gasteiger partial charge in [0.05, 0.1) is 13.2 Å². The summed E-state index contributed by atoms with van der Waals surface area (Å²) in [7, 11) is 1.80. The molecular formula is C33H46FN5O4S. The lowest BCUT2D eigenvalue weighted by Gasteiger charge is -2.20. The fraction of sp³-hybridized carbons (Fsp3) is 0.545. The number of carbonyl (C=O) groups excluding carboxylic acids is 1. The number of aromatic nitrogens is 4. The molecule has 240 valence electrons. The van der Waals surface area contributed by atoms with Crippen molar-refractivity contribution in [3.05, 3.63) is 86.2 Å². The first kappa shape index (κ1) is 35.2. The number of likely N-dealkylation sites (N-methyl/N-ethyl adjacent to an activating group) is 1. The zero-order valence-corrected chi connectivity index (χ0v) is 26.9. The third kappa shape index (κ3) is 12.0. The number of aliphatic hydroxyl groups excluding tert-OH is 1. The minimum absolute atomic E-state index is 0.0164. The quantitative estimate of drug-likeness (QED) is 0.104. The molecule has 2 heterocycles. The fourth-order valence-corrected chi connectivity index (χ4v) is 5.83. The Balaban J connectivity index is 1.66.